The number of anilines is 1. The van der Waals surface area contributed by atoms with Crippen molar-refractivity contribution in [3.05, 3.63) is 48.0 Å². The molecule has 4 rings (SSSR count). The van der Waals surface area contributed by atoms with Crippen LogP contribution in [0, 0.1) is 6.92 Å². The molecule has 1 unspecified atom stereocenters. The highest BCUT2D eigenvalue weighted by molar-refractivity contribution is 6.04. The van der Waals surface area contributed by atoms with Gasteiger partial charge in [-0.2, -0.15) is 0 Å². The van der Waals surface area contributed by atoms with Gasteiger partial charge in [-0.1, -0.05) is 18.2 Å². The molecule has 0 bridgehead atoms. The van der Waals surface area contributed by atoms with Crippen molar-refractivity contribution in [2.75, 3.05) is 4.90 Å². The molecule has 0 saturated heterocycles. The number of hydrogen-bond acceptors (Lipinski definition) is 2. The molecule has 2 aromatic heterocycles. The number of amides is 1. The fraction of sp³-hybridized carbons (Fsp3) is 0.250. The van der Waals surface area contributed by atoms with Crippen molar-refractivity contribution in [2.45, 2.75) is 19.9 Å². The van der Waals surface area contributed by atoms with Gasteiger partial charge in [0.25, 0.3) is 0 Å². The van der Waals surface area contributed by atoms with E-state index >= 15 is 0 Å². The Labute approximate surface area is 122 Å². The molecule has 5 heteroatoms. The van der Waals surface area contributed by atoms with E-state index in [4.69, 9.17) is 0 Å². The van der Waals surface area contributed by atoms with Crippen LogP contribution in [0.25, 0.3) is 10.9 Å². The molecule has 0 fully saturated rings. The number of nitrogens with zero attached hydrogens (tertiary/aromatic N) is 4. The molecule has 0 N–H and O–H groups in total. The SMILES string of the molecule is Cc1c(N2C(=O)n3c(cc4ccccc43)C2C)ncn1C. The Morgan fingerprint density at radius 3 is 2.71 bits per heavy atom. The first-order chi connectivity index (χ1) is 10.1. The van der Waals surface area contributed by atoms with E-state index in [1.165, 1.54) is 0 Å². The van der Waals surface area contributed by atoms with Gasteiger partial charge in [0.2, 0.25) is 0 Å². The molecule has 0 radical (unpaired) electrons. The quantitative estimate of drug-likeness (QED) is 0.687. The second-order valence-corrected chi connectivity index (χ2v) is 5.56. The third-order valence-corrected chi connectivity index (χ3v) is 4.39. The Kier molecular flexibility index (Phi) is 2.31. The smallest absolute Gasteiger partial charge is 0.335 e. The average molecular weight is 280 g/mol. The third kappa shape index (κ3) is 1.46. The molecule has 0 aliphatic carbocycles. The van der Waals surface area contributed by atoms with Gasteiger partial charge in [0.15, 0.2) is 5.82 Å². The van der Waals surface area contributed by atoms with Crippen LogP contribution in [-0.4, -0.2) is 20.1 Å². The fourth-order valence-electron chi connectivity index (χ4n) is 3.09. The molecule has 0 saturated carbocycles. The minimum Gasteiger partial charge on any atom is -0.336 e. The molecule has 1 aliphatic rings. The Balaban J connectivity index is 1.91. The molecular weight excluding hydrogens is 264 g/mol. The highest BCUT2D eigenvalue weighted by Gasteiger charge is 2.38. The van der Waals surface area contributed by atoms with Crippen LogP contribution in [0.1, 0.15) is 24.4 Å². The second kappa shape index (κ2) is 3.97. The molecule has 1 aromatic carbocycles. The molecule has 1 amide bonds. The van der Waals surface area contributed by atoms with Crippen molar-refractivity contribution in [1.82, 2.24) is 14.1 Å². The lowest BCUT2D eigenvalue weighted by Gasteiger charge is -2.19. The summed E-state index contributed by atoms with van der Waals surface area (Å²) in [5, 5.41) is 1.10. The van der Waals surface area contributed by atoms with Gasteiger partial charge in [-0.25, -0.2) is 9.78 Å². The molecule has 1 aliphatic heterocycles. The van der Waals surface area contributed by atoms with Crippen molar-refractivity contribution in [2.24, 2.45) is 7.05 Å². The summed E-state index contributed by atoms with van der Waals surface area (Å²) in [6.07, 6.45) is 1.75. The standard InChI is InChI=1S/C16H16N4O/c1-10-14-8-12-6-4-5-7-13(12)20(14)16(21)19(10)15-11(2)18(3)9-17-15/h4-10H,1-3H3. The maximum Gasteiger partial charge on any atom is 0.335 e. The number of imidazole rings is 1. The van der Waals surface area contributed by atoms with E-state index in [0.717, 1.165) is 28.1 Å². The number of aryl methyl sites for hydroxylation is 1. The number of para-hydroxylation sites is 1. The molecule has 1 atom stereocenters. The Morgan fingerprint density at radius 1 is 1.24 bits per heavy atom. The lowest BCUT2D eigenvalue weighted by molar-refractivity contribution is 0.250. The normalized spacial score (nSPS) is 17.8. The zero-order valence-corrected chi connectivity index (χ0v) is 12.2. The van der Waals surface area contributed by atoms with Crippen LogP contribution in [-0.2, 0) is 7.05 Å². The summed E-state index contributed by atoms with van der Waals surface area (Å²) in [7, 11) is 1.94. The van der Waals surface area contributed by atoms with E-state index in [1.54, 1.807) is 15.8 Å². The first-order valence-corrected chi connectivity index (χ1v) is 7.01. The third-order valence-electron chi connectivity index (χ3n) is 4.39. The van der Waals surface area contributed by atoms with Crippen molar-refractivity contribution >= 4 is 22.8 Å². The fourth-order valence-corrected chi connectivity index (χ4v) is 3.09. The van der Waals surface area contributed by atoms with E-state index in [9.17, 15) is 4.79 Å². The lowest BCUT2D eigenvalue weighted by atomic mass is 10.2. The van der Waals surface area contributed by atoms with Crippen LogP contribution in [0.3, 0.4) is 0 Å². The predicted molar refractivity (Wildman–Crippen MR) is 81.6 cm³/mol. The van der Waals surface area contributed by atoms with Gasteiger partial charge in [-0.05, 0) is 26.0 Å². The first-order valence-electron chi connectivity index (χ1n) is 7.01. The first kappa shape index (κ1) is 12.2. The number of carbonyl (C=O) groups is 1. The summed E-state index contributed by atoms with van der Waals surface area (Å²) >= 11 is 0. The van der Waals surface area contributed by atoms with Crippen LogP contribution in [0.5, 0.6) is 0 Å². The largest absolute Gasteiger partial charge is 0.336 e. The van der Waals surface area contributed by atoms with Gasteiger partial charge >= 0.3 is 6.03 Å². The minimum absolute atomic E-state index is 0.0153. The zero-order valence-electron chi connectivity index (χ0n) is 12.2. The zero-order chi connectivity index (χ0) is 14.7. The number of fused-ring (bicyclic) bond motifs is 3. The molecule has 106 valence electrons. The topological polar surface area (TPSA) is 43.1 Å². The van der Waals surface area contributed by atoms with Gasteiger partial charge in [0.1, 0.15) is 0 Å². The number of aromatic nitrogens is 3. The van der Waals surface area contributed by atoms with Crippen LogP contribution in [0.2, 0.25) is 0 Å². The second-order valence-electron chi connectivity index (χ2n) is 5.56. The summed E-state index contributed by atoms with van der Waals surface area (Å²) in [6, 6.07) is 10.0. The van der Waals surface area contributed by atoms with Crippen LogP contribution in [0.4, 0.5) is 10.6 Å². The highest BCUT2D eigenvalue weighted by atomic mass is 16.2. The van der Waals surface area contributed by atoms with Gasteiger partial charge in [0, 0.05) is 12.4 Å². The van der Waals surface area contributed by atoms with Crippen LogP contribution >= 0.6 is 0 Å². The molecule has 21 heavy (non-hydrogen) atoms. The van der Waals surface area contributed by atoms with E-state index in [1.807, 2.05) is 49.7 Å². The minimum atomic E-state index is -0.0273. The van der Waals surface area contributed by atoms with Gasteiger partial charge in [-0.3, -0.25) is 9.47 Å². The van der Waals surface area contributed by atoms with E-state index in [2.05, 4.69) is 11.1 Å². The molecule has 3 aromatic rings. The maximum atomic E-state index is 12.9. The molecule has 3 heterocycles. The lowest BCUT2D eigenvalue weighted by Crippen LogP contribution is -2.29. The summed E-state index contributed by atoms with van der Waals surface area (Å²) in [5.74, 6) is 0.739. The predicted octanol–water partition coefficient (Wildman–Crippen LogP) is 3.23. The Bertz CT molecular complexity index is 874. The summed E-state index contributed by atoms with van der Waals surface area (Å²) in [5.41, 5.74) is 2.97. The van der Waals surface area contributed by atoms with E-state index < -0.39 is 0 Å². The summed E-state index contributed by atoms with van der Waals surface area (Å²) < 4.78 is 3.73. The Hall–Kier alpha value is -2.56. The van der Waals surface area contributed by atoms with Crippen LogP contribution in [0.15, 0.2) is 36.7 Å². The van der Waals surface area contributed by atoms with Gasteiger partial charge < -0.3 is 4.57 Å². The van der Waals surface area contributed by atoms with Crippen molar-refractivity contribution in [1.29, 1.82) is 0 Å². The average Bonchev–Trinajstić information content (AvgIpc) is 3.08. The van der Waals surface area contributed by atoms with Crippen molar-refractivity contribution in [3.8, 4) is 0 Å². The summed E-state index contributed by atoms with van der Waals surface area (Å²) in [6.45, 7) is 4.03. The van der Waals surface area contributed by atoms with Crippen LogP contribution < -0.4 is 4.90 Å². The number of carbonyl (C=O) groups excluding carboxylic acids is 1. The molecular formula is C16H16N4O. The highest BCUT2D eigenvalue weighted by Crippen LogP contribution is 2.38. The van der Waals surface area contributed by atoms with E-state index in [0.29, 0.717) is 0 Å². The van der Waals surface area contributed by atoms with Crippen molar-refractivity contribution < 1.29 is 4.79 Å². The monoisotopic (exact) mass is 280 g/mol. The number of hydrogen-bond donors (Lipinski definition) is 0. The number of benzene rings is 1. The molecule has 0 spiro atoms. The van der Waals surface area contributed by atoms with Crippen molar-refractivity contribution in [3.63, 3.8) is 0 Å². The maximum absolute atomic E-state index is 12.9. The van der Waals surface area contributed by atoms with Gasteiger partial charge in [-0.15, -0.1) is 0 Å². The van der Waals surface area contributed by atoms with Gasteiger partial charge in [0.05, 0.1) is 29.3 Å². The number of rotatable bonds is 1. The molecule has 5 nitrogen and oxygen atoms in total. The van der Waals surface area contributed by atoms with E-state index in [-0.39, 0.29) is 12.1 Å². The Morgan fingerprint density at radius 2 is 2.00 bits per heavy atom. The summed E-state index contributed by atoms with van der Waals surface area (Å²) in [4.78, 5) is 19.1.